The van der Waals surface area contributed by atoms with Gasteiger partial charge < -0.3 is 5.32 Å². The molecule has 96 valence electrons. The summed E-state index contributed by atoms with van der Waals surface area (Å²) in [6.07, 6.45) is 1.10. The van der Waals surface area contributed by atoms with Gasteiger partial charge in [0, 0.05) is 6.04 Å². The van der Waals surface area contributed by atoms with Gasteiger partial charge in [0.1, 0.15) is 0 Å². The van der Waals surface area contributed by atoms with Gasteiger partial charge in [0.15, 0.2) is 0 Å². The first-order valence-corrected chi connectivity index (χ1v) is 7.55. The van der Waals surface area contributed by atoms with Crippen molar-refractivity contribution in [3.8, 4) is 0 Å². The van der Waals surface area contributed by atoms with Gasteiger partial charge in [0.25, 0.3) is 0 Å². The number of nitrogens with one attached hydrogen (secondary N) is 1. The van der Waals surface area contributed by atoms with Gasteiger partial charge in [-0.25, -0.2) is 0 Å². The summed E-state index contributed by atoms with van der Waals surface area (Å²) in [5.74, 6) is 0.533. The molecule has 0 saturated carbocycles. The van der Waals surface area contributed by atoms with Crippen LogP contribution in [0.15, 0.2) is 47.2 Å². The highest BCUT2D eigenvalue weighted by molar-refractivity contribution is 7.07. The molecular formula is C16H21NS. The minimum atomic E-state index is 0.506. The quantitative estimate of drug-likeness (QED) is 0.824. The Morgan fingerprint density at radius 2 is 1.94 bits per heavy atom. The van der Waals surface area contributed by atoms with Crippen LogP contribution in [0, 0.1) is 0 Å². The molecule has 0 spiro atoms. The Balaban J connectivity index is 2.09. The Morgan fingerprint density at radius 1 is 1.17 bits per heavy atom. The summed E-state index contributed by atoms with van der Waals surface area (Å²) < 4.78 is 0. The van der Waals surface area contributed by atoms with Crippen molar-refractivity contribution in [3.05, 3.63) is 58.3 Å². The second-order valence-electron chi connectivity index (χ2n) is 4.70. The van der Waals surface area contributed by atoms with Gasteiger partial charge in [-0.05, 0) is 46.8 Å². The van der Waals surface area contributed by atoms with Crippen LogP contribution in [-0.4, -0.2) is 12.6 Å². The van der Waals surface area contributed by atoms with Crippen molar-refractivity contribution in [1.82, 2.24) is 5.32 Å². The fourth-order valence-corrected chi connectivity index (χ4v) is 3.02. The third-order valence-corrected chi connectivity index (χ3v) is 4.16. The minimum Gasteiger partial charge on any atom is -0.313 e. The van der Waals surface area contributed by atoms with Crippen LogP contribution < -0.4 is 5.32 Å². The highest BCUT2D eigenvalue weighted by Gasteiger charge is 2.18. The molecule has 1 heterocycles. The summed E-state index contributed by atoms with van der Waals surface area (Å²) in [5, 5.41) is 8.03. The molecule has 0 amide bonds. The molecule has 1 aromatic carbocycles. The van der Waals surface area contributed by atoms with Crippen molar-refractivity contribution in [1.29, 1.82) is 0 Å². The summed E-state index contributed by atoms with van der Waals surface area (Å²) in [4.78, 5) is 0. The van der Waals surface area contributed by atoms with Crippen LogP contribution in [0.4, 0.5) is 0 Å². The number of thiophene rings is 1. The van der Waals surface area contributed by atoms with Crippen LogP contribution in [0.5, 0.6) is 0 Å². The molecule has 2 atom stereocenters. The lowest BCUT2D eigenvalue weighted by atomic mass is 9.89. The molecule has 2 rings (SSSR count). The standard InChI is InChI=1S/C16H21NS/c1-3-17-16(11-14-9-10-18-12-14)13(2)15-7-5-4-6-8-15/h4-10,12-13,16-17H,3,11H2,1-2H3. The van der Waals surface area contributed by atoms with Crippen molar-refractivity contribution in [2.45, 2.75) is 32.2 Å². The van der Waals surface area contributed by atoms with E-state index in [1.54, 1.807) is 11.3 Å². The molecule has 2 aromatic rings. The van der Waals surface area contributed by atoms with E-state index in [-0.39, 0.29) is 0 Å². The van der Waals surface area contributed by atoms with E-state index < -0.39 is 0 Å². The Morgan fingerprint density at radius 3 is 2.56 bits per heavy atom. The van der Waals surface area contributed by atoms with E-state index in [0.717, 1.165) is 13.0 Å². The average molecular weight is 259 g/mol. The molecule has 1 N–H and O–H groups in total. The smallest absolute Gasteiger partial charge is 0.0174 e. The Labute approximate surface area is 114 Å². The van der Waals surface area contributed by atoms with Crippen molar-refractivity contribution < 1.29 is 0 Å². The van der Waals surface area contributed by atoms with E-state index in [4.69, 9.17) is 0 Å². The van der Waals surface area contributed by atoms with E-state index in [9.17, 15) is 0 Å². The Bertz CT molecular complexity index is 435. The summed E-state index contributed by atoms with van der Waals surface area (Å²) in [6.45, 7) is 5.51. The van der Waals surface area contributed by atoms with Crippen molar-refractivity contribution in [3.63, 3.8) is 0 Å². The number of hydrogen-bond donors (Lipinski definition) is 1. The predicted molar refractivity (Wildman–Crippen MR) is 80.3 cm³/mol. The second-order valence-corrected chi connectivity index (χ2v) is 5.48. The largest absolute Gasteiger partial charge is 0.313 e. The monoisotopic (exact) mass is 259 g/mol. The summed E-state index contributed by atoms with van der Waals surface area (Å²) >= 11 is 1.78. The topological polar surface area (TPSA) is 12.0 Å². The number of rotatable bonds is 6. The lowest BCUT2D eigenvalue weighted by Crippen LogP contribution is -2.35. The normalized spacial score (nSPS) is 14.3. The molecule has 2 heteroatoms. The molecular weight excluding hydrogens is 238 g/mol. The average Bonchev–Trinajstić information content (AvgIpc) is 2.91. The maximum absolute atomic E-state index is 3.62. The van der Waals surface area contributed by atoms with Crippen molar-refractivity contribution in [2.24, 2.45) is 0 Å². The molecule has 0 aliphatic rings. The van der Waals surface area contributed by atoms with Crippen LogP contribution in [0.1, 0.15) is 30.9 Å². The number of likely N-dealkylation sites (N-methyl/N-ethyl adjacent to an activating group) is 1. The van der Waals surface area contributed by atoms with Gasteiger partial charge in [-0.1, -0.05) is 44.2 Å². The fraction of sp³-hybridized carbons (Fsp3) is 0.375. The molecule has 0 aliphatic carbocycles. The van der Waals surface area contributed by atoms with Crippen molar-refractivity contribution >= 4 is 11.3 Å². The van der Waals surface area contributed by atoms with Crippen molar-refractivity contribution in [2.75, 3.05) is 6.54 Å². The highest BCUT2D eigenvalue weighted by Crippen LogP contribution is 2.22. The van der Waals surface area contributed by atoms with Crippen LogP contribution in [0.25, 0.3) is 0 Å². The molecule has 18 heavy (non-hydrogen) atoms. The molecule has 1 nitrogen and oxygen atoms in total. The molecule has 0 radical (unpaired) electrons. The van der Waals surface area contributed by atoms with Crippen LogP contribution in [0.3, 0.4) is 0 Å². The second kappa shape index (κ2) is 6.72. The zero-order valence-electron chi connectivity index (χ0n) is 11.1. The zero-order chi connectivity index (χ0) is 12.8. The van der Waals surface area contributed by atoms with Gasteiger partial charge >= 0.3 is 0 Å². The Hall–Kier alpha value is -1.12. The summed E-state index contributed by atoms with van der Waals surface area (Å²) in [7, 11) is 0. The lowest BCUT2D eigenvalue weighted by molar-refractivity contribution is 0.458. The number of benzene rings is 1. The van der Waals surface area contributed by atoms with Gasteiger partial charge in [-0.3, -0.25) is 0 Å². The van der Waals surface area contributed by atoms with E-state index in [1.807, 2.05) is 0 Å². The first-order valence-electron chi connectivity index (χ1n) is 6.60. The van der Waals surface area contributed by atoms with Crippen LogP contribution >= 0.6 is 11.3 Å². The molecule has 0 aliphatic heterocycles. The number of hydrogen-bond acceptors (Lipinski definition) is 2. The van der Waals surface area contributed by atoms with Crippen LogP contribution in [-0.2, 0) is 6.42 Å². The first-order chi connectivity index (χ1) is 8.81. The maximum atomic E-state index is 3.62. The molecule has 0 fully saturated rings. The van der Waals surface area contributed by atoms with Gasteiger partial charge in [0.2, 0.25) is 0 Å². The predicted octanol–water partition coefficient (Wildman–Crippen LogP) is 4.07. The third-order valence-electron chi connectivity index (χ3n) is 3.43. The van der Waals surface area contributed by atoms with E-state index >= 15 is 0 Å². The van der Waals surface area contributed by atoms with Gasteiger partial charge in [-0.2, -0.15) is 11.3 Å². The van der Waals surface area contributed by atoms with Gasteiger partial charge in [0.05, 0.1) is 0 Å². The third kappa shape index (κ3) is 3.44. The molecule has 0 bridgehead atoms. The van der Waals surface area contributed by atoms with E-state index in [2.05, 4.69) is 66.3 Å². The van der Waals surface area contributed by atoms with Crippen LogP contribution in [0.2, 0.25) is 0 Å². The summed E-state index contributed by atoms with van der Waals surface area (Å²) in [6, 6.07) is 13.5. The Kier molecular flexibility index (Phi) is 4.97. The minimum absolute atomic E-state index is 0.506. The maximum Gasteiger partial charge on any atom is 0.0174 e. The molecule has 2 unspecified atom stereocenters. The molecule has 1 aromatic heterocycles. The fourth-order valence-electron chi connectivity index (χ4n) is 2.34. The summed E-state index contributed by atoms with van der Waals surface area (Å²) in [5.41, 5.74) is 2.85. The molecule has 0 saturated heterocycles. The lowest BCUT2D eigenvalue weighted by Gasteiger charge is -2.25. The van der Waals surface area contributed by atoms with E-state index in [1.165, 1.54) is 11.1 Å². The SMILES string of the molecule is CCNC(Cc1ccsc1)C(C)c1ccccc1. The first kappa shape index (κ1) is 13.3. The van der Waals surface area contributed by atoms with E-state index in [0.29, 0.717) is 12.0 Å². The highest BCUT2D eigenvalue weighted by atomic mass is 32.1. The zero-order valence-corrected chi connectivity index (χ0v) is 11.9. The van der Waals surface area contributed by atoms with Gasteiger partial charge in [-0.15, -0.1) is 0 Å².